The van der Waals surface area contributed by atoms with Crippen LogP contribution in [0.25, 0.3) is 0 Å². The molecule has 5 nitrogen and oxygen atoms in total. The molecule has 6 heteroatoms. The minimum Gasteiger partial charge on any atom is -0.438 e. The Kier molecular flexibility index (Phi) is 3.66. The van der Waals surface area contributed by atoms with Gasteiger partial charge in [0.1, 0.15) is 5.75 Å². The monoisotopic (exact) mass is 308 g/mol. The maximum Gasteiger partial charge on any atom is 0.228 e. The number of nitrogen functional groups attached to an aromatic ring is 1. The molecule has 94 valence electrons. The normalized spacial score (nSPS) is 10.2. The van der Waals surface area contributed by atoms with E-state index in [1.807, 2.05) is 26.2 Å². The van der Waals surface area contributed by atoms with Crippen LogP contribution in [0, 0.1) is 0 Å². The SMILES string of the molecule is CN(C)c1nccc(Oc2cccc(N)c2Br)n1. The van der Waals surface area contributed by atoms with Crippen molar-refractivity contribution in [1.29, 1.82) is 0 Å². The molecule has 0 aliphatic carbocycles. The highest BCUT2D eigenvalue weighted by molar-refractivity contribution is 9.10. The highest BCUT2D eigenvalue weighted by Crippen LogP contribution is 2.33. The molecule has 0 fully saturated rings. The van der Waals surface area contributed by atoms with Crippen LogP contribution in [-0.2, 0) is 0 Å². The average molecular weight is 309 g/mol. The number of halogens is 1. The molecule has 1 aromatic carbocycles. The fourth-order valence-electron chi connectivity index (χ4n) is 1.32. The summed E-state index contributed by atoms with van der Waals surface area (Å²) in [6, 6.07) is 7.13. The first kappa shape index (κ1) is 12.6. The molecule has 18 heavy (non-hydrogen) atoms. The molecule has 2 aromatic rings. The van der Waals surface area contributed by atoms with E-state index in [2.05, 4.69) is 25.9 Å². The third-order valence-electron chi connectivity index (χ3n) is 2.22. The summed E-state index contributed by atoms with van der Waals surface area (Å²) in [5.41, 5.74) is 6.40. The Labute approximate surface area is 114 Å². The van der Waals surface area contributed by atoms with Crippen LogP contribution in [0.4, 0.5) is 11.6 Å². The van der Waals surface area contributed by atoms with E-state index in [4.69, 9.17) is 10.5 Å². The Hall–Kier alpha value is -1.82. The standard InChI is InChI=1S/C12H13BrN4O/c1-17(2)12-15-7-6-10(16-12)18-9-5-3-4-8(14)11(9)13/h3-7H,14H2,1-2H3. The number of rotatable bonds is 3. The van der Waals surface area contributed by atoms with Crippen molar-refractivity contribution in [3.05, 3.63) is 34.9 Å². The van der Waals surface area contributed by atoms with E-state index in [1.54, 1.807) is 23.2 Å². The molecule has 0 amide bonds. The fraction of sp³-hybridized carbons (Fsp3) is 0.167. The van der Waals surface area contributed by atoms with Crippen LogP contribution in [0.15, 0.2) is 34.9 Å². The fourth-order valence-corrected chi connectivity index (χ4v) is 1.67. The largest absolute Gasteiger partial charge is 0.438 e. The molecule has 2 N–H and O–H groups in total. The lowest BCUT2D eigenvalue weighted by atomic mass is 10.3. The zero-order valence-corrected chi connectivity index (χ0v) is 11.7. The van der Waals surface area contributed by atoms with Gasteiger partial charge in [-0.25, -0.2) is 4.98 Å². The summed E-state index contributed by atoms with van der Waals surface area (Å²) in [6.45, 7) is 0. The summed E-state index contributed by atoms with van der Waals surface area (Å²) < 4.78 is 6.39. The first-order valence-corrected chi connectivity index (χ1v) is 6.09. The van der Waals surface area contributed by atoms with Gasteiger partial charge in [0.25, 0.3) is 0 Å². The number of nitrogens with zero attached hydrogens (tertiary/aromatic N) is 3. The van der Waals surface area contributed by atoms with Crippen LogP contribution in [0.2, 0.25) is 0 Å². The molecule has 0 aliphatic rings. The lowest BCUT2D eigenvalue weighted by molar-refractivity contribution is 0.459. The third kappa shape index (κ3) is 2.70. The van der Waals surface area contributed by atoms with Crippen molar-refractivity contribution in [3.63, 3.8) is 0 Å². The minimum atomic E-state index is 0.472. The number of nitrogens with two attached hydrogens (primary N) is 1. The van der Waals surface area contributed by atoms with E-state index >= 15 is 0 Å². The van der Waals surface area contributed by atoms with E-state index in [0.717, 1.165) is 4.47 Å². The Morgan fingerprint density at radius 3 is 2.78 bits per heavy atom. The topological polar surface area (TPSA) is 64.3 Å². The molecule has 0 bridgehead atoms. The van der Waals surface area contributed by atoms with Crippen LogP contribution in [0.5, 0.6) is 11.6 Å². The van der Waals surface area contributed by atoms with E-state index in [0.29, 0.717) is 23.3 Å². The second-order valence-corrected chi connectivity index (χ2v) is 4.64. The highest BCUT2D eigenvalue weighted by atomic mass is 79.9. The van der Waals surface area contributed by atoms with Gasteiger partial charge < -0.3 is 15.4 Å². The van der Waals surface area contributed by atoms with Crippen LogP contribution in [0.1, 0.15) is 0 Å². The van der Waals surface area contributed by atoms with Crippen molar-refractivity contribution in [2.75, 3.05) is 24.7 Å². The molecule has 1 aromatic heterocycles. The number of hydrogen-bond acceptors (Lipinski definition) is 5. The maximum atomic E-state index is 5.78. The van der Waals surface area contributed by atoms with Gasteiger partial charge in [0.2, 0.25) is 11.8 Å². The van der Waals surface area contributed by atoms with E-state index in [-0.39, 0.29) is 0 Å². The van der Waals surface area contributed by atoms with E-state index < -0.39 is 0 Å². The molecule has 0 spiro atoms. The zero-order valence-electron chi connectivity index (χ0n) is 10.1. The number of aromatic nitrogens is 2. The van der Waals surface area contributed by atoms with Crippen molar-refractivity contribution in [1.82, 2.24) is 9.97 Å². The first-order chi connectivity index (χ1) is 8.58. The molecule has 0 saturated heterocycles. The molecular weight excluding hydrogens is 296 g/mol. The number of benzene rings is 1. The summed E-state index contributed by atoms with van der Waals surface area (Å²) >= 11 is 3.38. The summed E-state index contributed by atoms with van der Waals surface area (Å²) in [7, 11) is 3.74. The van der Waals surface area contributed by atoms with E-state index in [9.17, 15) is 0 Å². The van der Waals surface area contributed by atoms with Gasteiger partial charge in [-0.3, -0.25) is 0 Å². The Morgan fingerprint density at radius 1 is 1.28 bits per heavy atom. The summed E-state index contributed by atoms with van der Waals surface area (Å²) in [4.78, 5) is 10.2. The van der Waals surface area contributed by atoms with Gasteiger partial charge in [0.15, 0.2) is 0 Å². The molecule has 0 atom stereocenters. The van der Waals surface area contributed by atoms with E-state index in [1.165, 1.54) is 0 Å². The molecule has 0 aliphatic heterocycles. The zero-order chi connectivity index (χ0) is 13.1. The van der Waals surface area contributed by atoms with Crippen molar-refractivity contribution in [2.24, 2.45) is 0 Å². The van der Waals surface area contributed by atoms with Gasteiger partial charge in [0, 0.05) is 32.0 Å². The number of hydrogen-bond donors (Lipinski definition) is 1. The molecule has 0 unspecified atom stereocenters. The molecule has 0 saturated carbocycles. The lowest BCUT2D eigenvalue weighted by Crippen LogP contribution is -2.12. The quantitative estimate of drug-likeness (QED) is 0.883. The van der Waals surface area contributed by atoms with Crippen molar-refractivity contribution in [2.45, 2.75) is 0 Å². The number of anilines is 2. The second-order valence-electron chi connectivity index (χ2n) is 3.85. The Bertz CT molecular complexity index is 560. The Balaban J connectivity index is 2.28. The predicted molar refractivity (Wildman–Crippen MR) is 75.0 cm³/mol. The van der Waals surface area contributed by atoms with Gasteiger partial charge >= 0.3 is 0 Å². The van der Waals surface area contributed by atoms with Gasteiger partial charge in [-0.2, -0.15) is 4.98 Å². The minimum absolute atomic E-state index is 0.472. The lowest BCUT2D eigenvalue weighted by Gasteiger charge is -2.12. The molecular formula is C12H13BrN4O. The smallest absolute Gasteiger partial charge is 0.228 e. The maximum absolute atomic E-state index is 5.78. The summed E-state index contributed by atoms with van der Waals surface area (Å²) in [6.07, 6.45) is 1.65. The highest BCUT2D eigenvalue weighted by Gasteiger charge is 2.07. The predicted octanol–water partition coefficient (Wildman–Crippen LogP) is 2.68. The van der Waals surface area contributed by atoms with Gasteiger partial charge in [-0.05, 0) is 28.1 Å². The van der Waals surface area contributed by atoms with Crippen LogP contribution < -0.4 is 15.4 Å². The molecule has 0 radical (unpaired) electrons. The van der Waals surface area contributed by atoms with Crippen LogP contribution in [0.3, 0.4) is 0 Å². The van der Waals surface area contributed by atoms with Crippen LogP contribution in [-0.4, -0.2) is 24.1 Å². The van der Waals surface area contributed by atoms with Gasteiger partial charge in [0.05, 0.1) is 4.47 Å². The second kappa shape index (κ2) is 5.22. The molecule has 2 rings (SSSR count). The van der Waals surface area contributed by atoms with Crippen molar-refractivity contribution in [3.8, 4) is 11.6 Å². The van der Waals surface area contributed by atoms with Gasteiger partial charge in [-0.1, -0.05) is 6.07 Å². The summed E-state index contributed by atoms with van der Waals surface area (Å²) in [5.74, 6) is 1.69. The van der Waals surface area contributed by atoms with Crippen molar-refractivity contribution >= 4 is 27.6 Å². The third-order valence-corrected chi connectivity index (χ3v) is 3.07. The first-order valence-electron chi connectivity index (χ1n) is 5.30. The average Bonchev–Trinajstić information content (AvgIpc) is 2.35. The summed E-state index contributed by atoms with van der Waals surface area (Å²) in [5, 5.41) is 0. The Morgan fingerprint density at radius 2 is 2.06 bits per heavy atom. The number of ether oxygens (including phenoxy) is 1. The van der Waals surface area contributed by atoms with Crippen LogP contribution >= 0.6 is 15.9 Å². The van der Waals surface area contributed by atoms with Crippen molar-refractivity contribution < 1.29 is 4.74 Å². The molecule has 1 heterocycles. The van der Waals surface area contributed by atoms with Gasteiger partial charge in [-0.15, -0.1) is 0 Å².